The van der Waals surface area contributed by atoms with Crippen LogP contribution in [-0.4, -0.2) is 15.9 Å². The minimum absolute atomic E-state index is 0.0543. The van der Waals surface area contributed by atoms with Crippen LogP contribution in [0.15, 0.2) is 75.6 Å². The fourth-order valence-corrected chi connectivity index (χ4v) is 3.06. The van der Waals surface area contributed by atoms with Gasteiger partial charge in [0.05, 0.1) is 10.6 Å². The molecule has 29 heavy (non-hydrogen) atoms. The second-order valence-electron chi connectivity index (χ2n) is 5.77. The molecule has 3 rings (SSSR count). The molecule has 0 unspecified atom stereocenters. The third-order valence-corrected chi connectivity index (χ3v) is 4.59. The number of hydrogen-bond donors (Lipinski definition) is 2. The summed E-state index contributed by atoms with van der Waals surface area (Å²) >= 11 is 8.33. The van der Waals surface area contributed by atoms with Crippen LogP contribution in [0.5, 0.6) is 0 Å². The van der Waals surface area contributed by atoms with Gasteiger partial charge in [-0.2, -0.15) is 0 Å². The molecule has 0 bridgehead atoms. The number of rotatable bonds is 5. The molecule has 0 aliphatic rings. The van der Waals surface area contributed by atoms with Gasteiger partial charge in [0.1, 0.15) is 11.5 Å². The number of nitro groups is 1. The van der Waals surface area contributed by atoms with Crippen molar-refractivity contribution in [3.8, 4) is 11.3 Å². The van der Waals surface area contributed by atoms with Crippen molar-refractivity contribution in [2.75, 3.05) is 5.32 Å². The summed E-state index contributed by atoms with van der Waals surface area (Å²) in [5.41, 5.74) is 1.37. The summed E-state index contributed by atoms with van der Waals surface area (Å²) in [6.07, 6.45) is 2.83. The van der Waals surface area contributed by atoms with Gasteiger partial charge in [-0.3, -0.25) is 20.2 Å². The van der Waals surface area contributed by atoms with E-state index in [4.69, 9.17) is 16.6 Å². The molecule has 0 atom stereocenters. The SMILES string of the molecule is O=C(/C=C/c1ccc(-c2ccccc2)o1)NC(=S)Nc1ccc([N+](=O)[O-])cc1Br. The van der Waals surface area contributed by atoms with E-state index in [1.165, 1.54) is 30.4 Å². The molecule has 9 heteroatoms. The standard InChI is InChI=1S/C20H14BrN3O4S/c21-16-12-14(24(26)27)6-9-17(16)22-20(29)23-19(25)11-8-15-7-10-18(28-15)13-4-2-1-3-5-13/h1-12H,(H2,22,23,25,29)/b11-8+. The Labute approximate surface area is 179 Å². The molecule has 1 heterocycles. The Kier molecular flexibility index (Phi) is 6.53. The third kappa shape index (κ3) is 5.59. The van der Waals surface area contributed by atoms with Crippen LogP contribution in [0.4, 0.5) is 11.4 Å². The fourth-order valence-electron chi connectivity index (χ4n) is 2.38. The first-order chi connectivity index (χ1) is 13.9. The van der Waals surface area contributed by atoms with Crippen LogP contribution in [-0.2, 0) is 4.79 Å². The minimum Gasteiger partial charge on any atom is -0.457 e. The molecule has 1 amide bonds. The van der Waals surface area contributed by atoms with Crippen LogP contribution in [0.1, 0.15) is 5.76 Å². The van der Waals surface area contributed by atoms with Crippen molar-refractivity contribution >= 4 is 56.6 Å². The number of hydrogen-bond acceptors (Lipinski definition) is 5. The summed E-state index contributed by atoms with van der Waals surface area (Å²) in [7, 11) is 0. The predicted molar refractivity (Wildman–Crippen MR) is 118 cm³/mol. The van der Waals surface area contributed by atoms with E-state index in [9.17, 15) is 14.9 Å². The summed E-state index contributed by atoms with van der Waals surface area (Å²) in [6, 6.07) is 17.4. The molecular formula is C20H14BrN3O4S. The van der Waals surface area contributed by atoms with E-state index in [2.05, 4.69) is 26.6 Å². The summed E-state index contributed by atoms with van der Waals surface area (Å²) in [4.78, 5) is 22.3. The van der Waals surface area contributed by atoms with Crippen molar-refractivity contribution in [1.29, 1.82) is 0 Å². The number of nitro benzene ring substituents is 1. The number of carbonyl (C=O) groups excluding carboxylic acids is 1. The van der Waals surface area contributed by atoms with Crippen molar-refractivity contribution in [1.82, 2.24) is 5.32 Å². The van der Waals surface area contributed by atoms with Crippen molar-refractivity contribution in [3.63, 3.8) is 0 Å². The number of nitrogens with one attached hydrogen (secondary N) is 2. The number of anilines is 1. The third-order valence-electron chi connectivity index (χ3n) is 3.73. The van der Waals surface area contributed by atoms with E-state index in [1.807, 2.05) is 36.4 Å². The quantitative estimate of drug-likeness (QED) is 0.231. The zero-order valence-corrected chi connectivity index (χ0v) is 17.2. The maximum atomic E-state index is 12.1. The number of halogens is 1. The molecule has 0 spiro atoms. The Balaban J connectivity index is 1.57. The lowest BCUT2D eigenvalue weighted by Crippen LogP contribution is -2.32. The van der Waals surface area contributed by atoms with Gasteiger partial charge in [-0.05, 0) is 52.4 Å². The Morgan fingerprint density at radius 1 is 1.14 bits per heavy atom. The molecule has 2 aromatic carbocycles. The minimum atomic E-state index is -0.503. The van der Waals surface area contributed by atoms with Crippen LogP contribution in [0.2, 0.25) is 0 Å². The van der Waals surface area contributed by atoms with Gasteiger partial charge in [0.2, 0.25) is 5.91 Å². The zero-order chi connectivity index (χ0) is 20.8. The van der Waals surface area contributed by atoms with E-state index in [0.717, 1.165) is 5.56 Å². The number of furan rings is 1. The summed E-state index contributed by atoms with van der Waals surface area (Å²) in [6.45, 7) is 0. The molecule has 0 aliphatic carbocycles. The molecule has 2 N–H and O–H groups in total. The Morgan fingerprint density at radius 3 is 2.59 bits per heavy atom. The first-order valence-corrected chi connectivity index (χ1v) is 9.52. The van der Waals surface area contributed by atoms with Gasteiger partial charge < -0.3 is 9.73 Å². The molecule has 0 radical (unpaired) electrons. The maximum Gasteiger partial charge on any atom is 0.270 e. The van der Waals surface area contributed by atoms with Crippen LogP contribution >= 0.6 is 28.1 Å². The summed E-state index contributed by atoms with van der Waals surface area (Å²) in [5.74, 6) is 0.778. The Hall–Kier alpha value is -3.30. The molecular weight excluding hydrogens is 458 g/mol. The highest BCUT2D eigenvalue weighted by molar-refractivity contribution is 9.10. The molecule has 0 fully saturated rings. The van der Waals surface area contributed by atoms with Gasteiger partial charge in [-0.15, -0.1) is 0 Å². The topological polar surface area (TPSA) is 97.4 Å². The van der Waals surface area contributed by atoms with Crippen LogP contribution in [0, 0.1) is 10.1 Å². The lowest BCUT2D eigenvalue weighted by molar-refractivity contribution is -0.384. The van der Waals surface area contributed by atoms with E-state index >= 15 is 0 Å². The number of nitrogens with zero attached hydrogens (tertiary/aromatic N) is 1. The van der Waals surface area contributed by atoms with E-state index in [0.29, 0.717) is 21.7 Å². The average Bonchev–Trinajstić information content (AvgIpc) is 3.17. The summed E-state index contributed by atoms with van der Waals surface area (Å²) in [5, 5.41) is 16.1. The van der Waals surface area contributed by atoms with Crippen molar-refractivity contribution in [2.45, 2.75) is 0 Å². The molecule has 146 valence electrons. The van der Waals surface area contributed by atoms with Gasteiger partial charge in [0, 0.05) is 28.2 Å². The first-order valence-electron chi connectivity index (χ1n) is 8.31. The zero-order valence-electron chi connectivity index (χ0n) is 14.8. The van der Waals surface area contributed by atoms with Crippen molar-refractivity contribution < 1.29 is 14.1 Å². The van der Waals surface area contributed by atoms with E-state index < -0.39 is 10.8 Å². The van der Waals surface area contributed by atoms with Gasteiger partial charge in [0.15, 0.2) is 5.11 Å². The normalized spacial score (nSPS) is 10.7. The molecule has 0 aliphatic heterocycles. The predicted octanol–water partition coefficient (Wildman–Crippen LogP) is 5.14. The Morgan fingerprint density at radius 2 is 1.90 bits per heavy atom. The maximum absolute atomic E-state index is 12.1. The number of thiocarbonyl (C=S) groups is 1. The van der Waals surface area contributed by atoms with E-state index in [1.54, 1.807) is 6.07 Å². The van der Waals surface area contributed by atoms with Gasteiger partial charge in [0.25, 0.3) is 5.69 Å². The highest BCUT2D eigenvalue weighted by Gasteiger charge is 2.10. The van der Waals surface area contributed by atoms with Crippen LogP contribution < -0.4 is 10.6 Å². The molecule has 7 nitrogen and oxygen atoms in total. The Bertz CT molecular complexity index is 1100. The lowest BCUT2D eigenvalue weighted by Gasteiger charge is -2.09. The number of benzene rings is 2. The lowest BCUT2D eigenvalue weighted by atomic mass is 10.2. The van der Waals surface area contributed by atoms with Crippen molar-refractivity contribution in [2.24, 2.45) is 0 Å². The average molecular weight is 472 g/mol. The van der Waals surface area contributed by atoms with Gasteiger partial charge in [-0.1, -0.05) is 30.3 Å². The molecule has 1 aromatic heterocycles. The van der Waals surface area contributed by atoms with E-state index in [-0.39, 0.29) is 10.8 Å². The second kappa shape index (κ2) is 9.26. The first kappa shape index (κ1) is 20.4. The van der Waals surface area contributed by atoms with Crippen LogP contribution in [0.25, 0.3) is 17.4 Å². The largest absolute Gasteiger partial charge is 0.457 e. The molecule has 3 aromatic rings. The highest BCUT2D eigenvalue weighted by Crippen LogP contribution is 2.27. The molecule has 0 saturated heterocycles. The fraction of sp³-hybridized carbons (Fsp3) is 0. The number of amides is 1. The highest BCUT2D eigenvalue weighted by atomic mass is 79.9. The monoisotopic (exact) mass is 471 g/mol. The van der Waals surface area contributed by atoms with Crippen LogP contribution in [0.3, 0.4) is 0 Å². The van der Waals surface area contributed by atoms with Gasteiger partial charge in [-0.25, -0.2) is 0 Å². The number of carbonyl (C=O) groups is 1. The summed E-state index contributed by atoms with van der Waals surface area (Å²) < 4.78 is 6.14. The second-order valence-corrected chi connectivity index (χ2v) is 7.03. The van der Waals surface area contributed by atoms with Gasteiger partial charge >= 0.3 is 0 Å². The smallest absolute Gasteiger partial charge is 0.270 e. The number of non-ortho nitro benzene ring substituents is 1. The van der Waals surface area contributed by atoms with Crippen molar-refractivity contribution in [3.05, 3.63) is 87.1 Å². The molecule has 0 saturated carbocycles.